The van der Waals surface area contributed by atoms with E-state index in [9.17, 15) is 14.7 Å². The quantitative estimate of drug-likeness (QED) is 0.586. The van der Waals surface area contributed by atoms with E-state index in [-0.39, 0.29) is 24.2 Å². The minimum absolute atomic E-state index is 0.0106. The van der Waals surface area contributed by atoms with Gasteiger partial charge in [-0.15, -0.1) is 0 Å². The number of alkyl carbamates (subject to hydrolysis) is 1. The Balaban J connectivity index is 1.43. The van der Waals surface area contributed by atoms with E-state index >= 15 is 0 Å². The monoisotopic (exact) mass is 423 g/mol. The SMILES string of the molecule is O=C(N[C@@H](Cc1cnc(Cl)nc1)C(=O)O)OCC1c2ccccc2-c2ccccc21. The first-order chi connectivity index (χ1) is 14.5. The molecule has 3 aromatic rings. The molecule has 1 aliphatic rings. The summed E-state index contributed by atoms with van der Waals surface area (Å²) in [6, 6.07) is 14.8. The van der Waals surface area contributed by atoms with Crippen molar-refractivity contribution in [2.45, 2.75) is 18.4 Å². The van der Waals surface area contributed by atoms with Crippen molar-refractivity contribution in [2.24, 2.45) is 0 Å². The summed E-state index contributed by atoms with van der Waals surface area (Å²) in [5.74, 6) is -1.28. The first-order valence-electron chi connectivity index (χ1n) is 9.33. The Morgan fingerprint density at radius 1 is 1.03 bits per heavy atom. The van der Waals surface area contributed by atoms with Gasteiger partial charge in [0.1, 0.15) is 12.6 Å². The summed E-state index contributed by atoms with van der Waals surface area (Å²) < 4.78 is 5.41. The number of aliphatic carboxylic acids is 1. The highest BCUT2D eigenvalue weighted by molar-refractivity contribution is 6.28. The second-order valence-corrected chi connectivity index (χ2v) is 7.26. The number of fused-ring (bicyclic) bond motifs is 3. The number of benzene rings is 2. The minimum Gasteiger partial charge on any atom is -0.480 e. The fraction of sp³-hybridized carbons (Fsp3) is 0.182. The highest BCUT2D eigenvalue weighted by Gasteiger charge is 2.29. The topological polar surface area (TPSA) is 101 Å². The number of halogens is 1. The molecule has 2 aromatic carbocycles. The molecule has 7 nitrogen and oxygen atoms in total. The molecule has 2 N–H and O–H groups in total. The molecule has 0 fully saturated rings. The number of carbonyl (C=O) groups excluding carboxylic acids is 1. The third-order valence-corrected chi connectivity index (χ3v) is 5.24. The second kappa shape index (κ2) is 8.51. The van der Waals surface area contributed by atoms with Gasteiger partial charge < -0.3 is 15.2 Å². The van der Waals surface area contributed by atoms with Crippen LogP contribution in [-0.2, 0) is 16.0 Å². The minimum atomic E-state index is -1.18. The number of hydrogen-bond acceptors (Lipinski definition) is 5. The zero-order valence-corrected chi connectivity index (χ0v) is 16.5. The highest BCUT2D eigenvalue weighted by Crippen LogP contribution is 2.44. The molecule has 0 aliphatic heterocycles. The molecule has 1 aliphatic carbocycles. The Hall–Kier alpha value is -3.45. The molecule has 1 atom stereocenters. The van der Waals surface area contributed by atoms with E-state index in [2.05, 4.69) is 15.3 Å². The summed E-state index contributed by atoms with van der Waals surface area (Å²) in [6.45, 7) is 0.107. The molecule has 1 amide bonds. The third kappa shape index (κ3) is 4.11. The molecule has 30 heavy (non-hydrogen) atoms. The zero-order chi connectivity index (χ0) is 21.1. The van der Waals surface area contributed by atoms with Crippen LogP contribution in [0, 0.1) is 0 Å². The van der Waals surface area contributed by atoms with Crippen LogP contribution in [0.2, 0.25) is 5.28 Å². The van der Waals surface area contributed by atoms with Gasteiger partial charge in [0.15, 0.2) is 0 Å². The standard InChI is InChI=1S/C22H18ClN3O4/c23-21-24-10-13(11-25-21)9-19(20(27)28)26-22(29)30-12-18-16-7-3-1-5-14(16)15-6-2-4-8-17(15)18/h1-8,10-11,18-19H,9,12H2,(H,26,29)(H,27,28)/t19-/m0/s1. The average molecular weight is 424 g/mol. The number of carbonyl (C=O) groups is 2. The number of carboxylic acids is 1. The van der Waals surface area contributed by atoms with Gasteiger partial charge >= 0.3 is 12.1 Å². The lowest BCUT2D eigenvalue weighted by atomic mass is 9.98. The Morgan fingerprint density at radius 3 is 2.17 bits per heavy atom. The van der Waals surface area contributed by atoms with Crippen LogP contribution < -0.4 is 5.32 Å². The normalized spacial score (nSPS) is 13.2. The zero-order valence-electron chi connectivity index (χ0n) is 15.8. The maximum atomic E-state index is 12.3. The van der Waals surface area contributed by atoms with Crippen molar-refractivity contribution in [1.29, 1.82) is 0 Å². The number of amides is 1. The van der Waals surface area contributed by atoms with Gasteiger partial charge in [0.05, 0.1) is 0 Å². The summed E-state index contributed by atoms with van der Waals surface area (Å²) in [7, 11) is 0. The van der Waals surface area contributed by atoms with E-state index in [0.717, 1.165) is 22.3 Å². The fourth-order valence-corrected chi connectivity index (χ4v) is 3.76. The molecule has 0 unspecified atom stereocenters. The van der Waals surface area contributed by atoms with Gasteiger partial charge in [-0.05, 0) is 39.4 Å². The molecule has 152 valence electrons. The molecule has 1 aromatic heterocycles. The van der Waals surface area contributed by atoms with Gasteiger partial charge in [0.25, 0.3) is 0 Å². The Morgan fingerprint density at radius 2 is 1.60 bits per heavy atom. The molecule has 0 bridgehead atoms. The molecule has 8 heteroatoms. The second-order valence-electron chi connectivity index (χ2n) is 6.93. The van der Waals surface area contributed by atoms with Gasteiger partial charge in [0.2, 0.25) is 5.28 Å². The predicted molar refractivity (Wildman–Crippen MR) is 110 cm³/mol. The van der Waals surface area contributed by atoms with Gasteiger partial charge in [-0.25, -0.2) is 19.6 Å². The average Bonchev–Trinajstić information content (AvgIpc) is 3.07. The van der Waals surface area contributed by atoms with Crippen LogP contribution in [0.15, 0.2) is 60.9 Å². The summed E-state index contributed by atoms with van der Waals surface area (Å²) in [4.78, 5) is 31.5. The first-order valence-corrected chi connectivity index (χ1v) is 9.71. The number of rotatable bonds is 6. The van der Waals surface area contributed by atoms with E-state index < -0.39 is 18.1 Å². The summed E-state index contributed by atoms with van der Waals surface area (Å²) in [5, 5.41) is 11.9. The summed E-state index contributed by atoms with van der Waals surface area (Å²) in [6.07, 6.45) is 2.06. The van der Waals surface area contributed by atoms with Crippen molar-refractivity contribution in [1.82, 2.24) is 15.3 Å². The largest absolute Gasteiger partial charge is 0.480 e. The van der Waals surface area contributed by atoms with Crippen LogP contribution in [0.3, 0.4) is 0 Å². The lowest BCUT2D eigenvalue weighted by Crippen LogP contribution is -2.43. The van der Waals surface area contributed by atoms with Crippen molar-refractivity contribution in [3.8, 4) is 11.1 Å². The Labute approximate surface area is 177 Å². The van der Waals surface area contributed by atoms with Crippen LogP contribution in [-0.4, -0.2) is 39.8 Å². The van der Waals surface area contributed by atoms with Crippen molar-refractivity contribution in [3.63, 3.8) is 0 Å². The predicted octanol–water partition coefficient (Wildman–Crippen LogP) is 3.66. The van der Waals surface area contributed by atoms with Gasteiger partial charge in [-0.3, -0.25) is 0 Å². The maximum absolute atomic E-state index is 12.3. The summed E-state index contributed by atoms with van der Waals surface area (Å²) >= 11 is 5.64. The van der Waals surface area contributed by atoms with Crippen molar-refractivity contribution in [3.05, 3.63) is 82.9 Å². The molecule has 0 saturated heterocycles. The maximum Gasteiger partial charge on any atom is 0.407 e. The van der Waals surface area contributed by atoms with E-state index in [1.54, 1.807) is 0 Å². The number of aromatic nitrogens is 2. The Bertz CT molecular complexity index is 1040. The van der Waals surface area contributed by atoms with E-state index in [0.29, 0.717) is 5.56 Å². The molecule has 0 spiro atoms. The molecule has 0 radical (unpaired) electrons. The first kappa shape index (κ1) is 19.8. The van der Waals surface area contributed by atoms with Crippen LogP contribution in [0.25, 0.3) is 11.1 Å². The number of carboxylic acid groups (broad SMARTS) is 1. The smallest absolute Gasteiger partial charge is 0.407 e. The number of nitrogens with one attached hydrogen (secondary N) is 1. The number of ether oxygens (including phenoxy) is 1. The van der Waals surface area contributed by atoms with Crippen LogP contribution in [0.4, 0.5) is 4.79 Å². The molecular weight excluding hydrogens is 406 g/mol. The molecular formula is C22H18ClN3O4. The van der Waals surface area contributed by atoms with Gasteiger partial charge in [-0.1, -0.05) is 48.5 Å². The van der Waals surface area contributed by atoms with Crippen LogP contribution >= 0.6 is 11.6 Å². The molecule has 4 rings (SSSR count). The van der Waals surface area contributed by atoms with Gasteiger partial charge in [-0.2, -0.15) is 0 Å². The van der Waals surface area contributed by atoms with Gasteiger partial charge in [0, 0.05) is 24.7 Å². The number of hydrogen-bond donors (Lipinski definition) is 2. The van der Waals surface area contributed by atoms with Crippen molar-refractivity contribution >= 4 is 23.7 Å². The Kier molecular flexibility index (Phi) is 5.63. The lowest BCUT2D eigenvalue weighted by Gasteiger charge is -2.17. The van der Waals surface area contributed by atoms with E-state index in [1.807, 2.05) is 48.5 Å². The molecule has 0 saturated carbocycles. The van der Waals surface area contributed by atoms with Crippen LogP contribution in [0.5, 0.6) is 0 Å². The van der Waals surface area contributed by atoms with E-state index in [4.69, 9.17) is 16.3 Å². The highest BCUT2D eigenvalue weighted by atomic mass is 35.5. The van der Waals surface area contributed by atoms with Crippen molar-refractivity contribution < 1.29 is 19.4 Å². The number of nitrogens with zero attached hydrogens (tertiary/aromatic N) is 2. The molecule has 1 heterocycles. The van der Waals surface area contributed by atoms with Crippen molar-refractivity contribution in [2.75, 3.05) is 6.61 Å². The third-order valence-electron chi connectivity index (χ3n) is 5.05. The van der Waals surface area contributed by atoms with E-state index in [1.165, 1.54) is 12.4 Å². The fourth-order valence-electron chi connectivity index (χ4n) is 3.66. The van der Waals surface area contributed by atoms with Crippen LogP contribution in [0.1, 0.15) is 22.6 Å². The lowest BCUT2D eigenvalue weighted by molar-refractivity contribution is -0.139. The summed E-state index contributed by atoms with van der Waals surface area (Å²) in [5.41, 5.74) is 4.94.